The molecule has 1 unspecified atom stereocenters. The van der Waals surface area contributed by atoms with Crippen LogP contribution in [-0.2, 0) is 15.0 Å². The highest BCUT2D eigenvalue weighted by Gasteiger charge is 2.56. The van der Waals surface area contributed by atoms with Gasteiger partial charge >= 0.3 is 0 Å². The molecule has 1 aliphatic carbocycles. The van der Waals surface area contributed by atoms with Crippen LogP contribution in [0.2, 0.25) is 0 Å². The minimum Gasteiger partial charge on any atom is -0.507 e. The van der Waals surface area contributed by atoms with Crippen molar-refractivity contribution >= 4 is 23.0 Å². The quantitative estimate of drug-likeness (QED) is 0.250. The van der Waals surface area contributed by atoms with Gasteiger partial charge in [0.1, 0.15) is 39.7 Å². The van der Waals surface area contributed by atoms with Crippen molar-refractivity contribution in [2.45, 2.75) is 33.1 Å². The number of para-hydroxylation sites is 2. The Labute approximate surface area is 183 Å². The molecule has 0 radical (unpaired) electrons. The molecule has 0 saturated heterocycles. The van der Waals surface area contributed by atoms with E-state index in [9.17, 15) is 29.7 Å². The van der Waals surface area contributed by atoms with Crippen molar-refractivity contribution in [1.29, 1.82) is 0 Å². The number of carbonyl (C=O) groups excluding carboxylic acids is 3. The standard InChI is InChI=1S/C24H21NO7/c1-10-20(29)18(12(3)26)22-19(21(10)30)24(4)16(32-22)9-15(28)17(23(24)31)11(2)25-13-7-5-6-8-14(13)27/h5-9,25,27,29-30H,1-4H3. The zero-order valence-corrected chi connectivity index (χ0v) is 17.9. The zero-order valence-electron chi connectivity index (χ0n) is 17.9. The number of hydrogen-bond donors (Lipinski definition) is 4. The Hall–Kier alpha value is -4.07. The minimum atomic E-state index is -1.59. The first-order chi connectivity index (χ1) is 15.0. The van der Waals surface area contributed by atoms with Crippen molar-refractivity contribution < 1.29 is 34.4 Å². The van der Waals surface area contributed by atoms with E-state index in [2.05, 4.69) is 5.32 Å². The molecule has 1 heterocycles. The van der Waals surface area contributed by atoms with Gasteiger partial charge in [-0.1, -0.05) is 12.1 Å². The summed E-state index contributed by atoms with van der Waals surface area (Å²) in [6.07, 6.45) is 1.14. The molecule has 2 aliphatic rings. The normalized spacial score (nSPS) is 20.8. The van der Waals surface area contributed by atoms with Gasteiger partial charge in [0.2, 0.25) is 0 Å². The fourth-order valence-corrected chi connectivity index (χ4v) is 4.21. The lowest BCUT2D eigenvalue weighted by Crippen LogP contribution is -2.40. The van der Waals surface area contributed by atoms with E-state index in [1.807, 2.05) is 0 Å². The summed E-state index contributed by atoms with van der Waals surface area (Å²) in [5.74, 6) is -2.85. The van der Waals surface area contributed by atoms with Crippen LogP contribution in [0.4, 0.5) is 5.69 Å². The number of allylic oxidation sites excluding steroid dienone is 4. The molecule has 8 heteroatoms. The first-order valence-corrected chi connectivity index (χ1v) is 9.85. The second-order valence-corrected chi connectivity index (χ2v) is 8.03. The Morgan fingerprint density at radius 3 is 2.34 bits per heavy atom. The van der Waals surface area contributed by atoms with Crippen LogP contribution in [-0.4, -0.2) is 32.7 Å². The first-order valence-electron chi connectivity index (χ1n) is 9.85. The smallest absolute Gasteiger partial charge is 0.194 e. The minimum absolute atomic E-state index is 0.0228. The summed E-state index contributed by atoms with van der Waals surface area (Å²) in [5.41, 5.74) is -1.37. The Balaban J connectivity index is 1.93. The molecule has 2 aromatic rings. The van der Waals surface area contributed by atoms with Crippen LogP contribution in [0.1, 0.15) is 42.3 Å². The maximum atomic E-state index is 13.7. The molecule has 0 bridgehead atoms. The molecular weight excluding hydrogens is 414 g/mol. The van der Waals surface area contributed by atoms with Gasteiger partial charge in [-0.25, -0.2) is 0 Å². The van der Waals surface area contributed by atoms with Gasteiger partial charge < -0.3 is 25.4 Å². The van der Waals surface area contributed by atoms with E-state index in [4.69, 9.17) is 4.74 Å². The summed E-state index contributed by atoms with van der Waals surface area (Å²) in [5, 5.41) is 34.1. The highest BCUT2D eigenvalue weighted by atomic mass is 16.5. The molecule has 164 valence electrons. The molecule has 4 N–H and O–H groups in total. The molecule has 0 amide bonds. The van der Waals surface area contributed by atoms with E-state index in [1.165, 1.54) is 33.8 Å². The SMILES string of the molecule is CC(=O)c1c(O)c(C)c(O)c2c1OC1=CC(=O)C(=C(C)Nc3ccccc3O)C(=O)C12C. The van der Waals surface area contributed by atoms with Crippen LogP contribution >= 0.6 is 0 Å². The van der Waals surface area contributed by atoms with E-state index in [1.54, 1.807) is 18.2 Å². The van der Waals surface area contributed by atoms with Gasteiger partial charge in [-0.3, -0.25) is 14.4 Å². The lowest BCUT2D eigenvalue weighted by atomic mass is 9.70. The summed E-state index contributed by atoms with van der Waals surface area (Å²) in [6, 6.07) is 6.37. The van der Waals surface area contributed by atoms with Crippen molar-refractivity contribution in [3.05, 3.63) is 64.1 Å². The van der Waals surface area contributed by atoms with E-state index in [0.29, 0.717) is 5.69 Å². The molecule has 8 nitrogen and oxygen atoms in total. The van der Waals surface area contributed by atoms with Gasteiger partial charge in [0, 0.05) is 17.3 Å². The highest BCUT2D eigenvalue weighted by Crippen LogP contribution is 2.57. The van der Waals surface area contributed by atoms with Crippen molar-refractivity contribution in [3.8, 4) is 23.0 Å². The summed E-state index contributed by atoms with van der Waals surface area (Å²) in [6.45, 7) is 5.67. The van der Waals surface area contributed by atoms with Crippen LogP contribution < -0.4 is 10.1 Å². The fraction of sp³-hybridized carbons (Fsp3) is 0.208. The van der Waals surface area contributed by atoms with Crippen LogP contribution in [0, 0.1) is 6.92 Å². The number of anilines is 1. The van der Waals surface area contributed by atoms with Crippen molar-refractivity contribution in [1.82, 2.24) is 0 Å². The van der Waals surface area contributed by atoms with Gasteiger partial charge in [-0.15, -0.1) is 0 Å². The second kappa shape index (κ2) is 6.98. The van der Waals surface area contributed by atoms with Crippen LogP contribution in [0.5, 0.6) is 23.0 Å². The monoisotopic (exact) mass is 435 g/mol. The first kappa shape index (κ1) is 21.2. The van der Waals surface area contributed by atoms with Crippen LogP contribution in [0.15, 0.2) is 47.4 Å². The number of benzene rings is 2. The largest absolute Gasteiger partial charge is 0.507 e. The number of Topliss-reactive ketones (excluding diaryl/α,β-unsaturated/α-hetero) is 2. The number of aromatic hydroxyl groups is 3. The Bertz CT molecular complexity index is 1300. The van der Waals surface area contributed by atoms with E-state index in [-0.39, 0.29) is 51.0 Å². The fourth-order valence-electron chi connectivity index (χ4n) is 4.21. The molecule has 0 saturated carbocycles. The Morgan fingerprint density at radius 2 is 1.72 bits per heavy atom. The number of phenols is 3. The molecule has 0 spiro atoms. The number of fused-ring (bicyclic) bond motifs is 3. The molecule has 1 atom stereocenters. The van der Waals surface area contributed by atoms with E-state index >= 15 is 0 Å². The van der Waals surface area contributed by atoms with E-state index < -0.39 is 28.5 Å². The summed E-state index contributed by atoms with van der Waals surface area (Å²) < 4.78 is 5.72. The predicted molar refractivity (Wildman–Crippen MR) is 115 cm³/mol. The highest BCUT2D eigenvalue weighted by molar-refractivity contribution is 6.31. The van der Waals surface area contributed by atoms with Gasteiger partial charge in [0.15, 0.2) is 17.3 Å². The number of hydrogen-bond acceptors (Lipinski definition) is 8. The average molecular weight is 435 g/mol. The molecule has 32 heavy (non-hydrogen) atoms. The maximum Gasteiger partial charge on any atom is 0.194 e. The molecule has 0 fully saturated rings. The van der Waals surface area contributed by atoms with Crippen molar-refractivity contribution in [2.24, 2.45) is 0 Å². The van der Waals surface area contributed by atoms with Gasteiger partial charge in [-0.2, -0.15) is 0 Å². The van der Waals surface area contributed by atoms with Crippen LogP contribution in [0.25, 0.3) is 0 Å². The molecular formula is C24H21NO7. The third-order valence-corrected chi connectivity index (χ3v) is 5.99. The third-order valence-electron chi connectivity index (χ3n) is 5.99. The number of ketones is 3. The average Bonchev–Trinajstić information content (AvgIpc) is 3.01. The number of rotatable bonds is 3. The second-order valence-electron chi connectivity index (χ2n) is 8.03. The van der Waals surface area contributed by atoms with Crippen molar-refractivity contribution in [3.63, 3.8) is 0 Å². The lowest BCUT2D eigenvalue weighted by Gasteiger charge is -2.29. The van der Waals surface area contributed by atoms with Gasteiger partial charge in [-0.05, 0) is 39.8 Å². The number of carbonyl (C=O) groups is 3. The van der Waals surface area contributed by atoms with Crippen LogP contribution in [0.3, 0.4) is 0 Å². The number of ether oxygens (including phenoxy) is 1. The predicted octanol–water partition coefficient (Wildman–Crippen LogP) is 3.39. The van der Waals surface area contributed by atoms with Crippen molar-refractivity contribution in [2.75, 3.05) is 5.32 Å². The summed E-state index contributed by atoms with van der Waals surface area (Å²) in [7, 11) is 0. The molecule has 0 aromatic heterocycles. The maximum absolute atomic E-state index is 13.7. The zero-order chi connectivity index (χ0) is 23.5. The molecule has 1 aliphatic heterocycles. The summed E-state index contributed by atoms with van der Waals surface area (Å²) in [4.78, 5) is 38.8. The topological polar surface area (TPSA) is 133 Å². The van der Waals surface area contributed by atoms with E-state index in [0.717, 1.165) is 6.08 Å². The third kappa shape index (κ3) is 2.72. The number of phenolic OH excluding ortho intramolecular Hbond substituents is 3. The van der Waals surface area contributed by atoms with Gasteiger partial charge in [0.05, 0.1) is 16.8 Å². The lowest BCUT2D eigenvalue weighted by molar-refractivity contribution is -0.123. The Kier molecular flexibility index (Phi) is 4.62. The van der Waals surface area contributed by atoms with Gasteiger partial charge in [0.25, 0.3) is 0 Å². The molecule has 2 aromatic carbocycles. The number of nitrogens with one attached hydrogen (secondary N) is 1. The Morgan fingerprint density at radius 1 is 1.06 bits per heavy atom. The summed E-state index contributed by atoms with van der Waals surface area (Å²) >= 11 is 0. The molecule has 4 rings (SSSR count).